The van der Waals surface area contributed by atoms with E-state index in [-0.39, 0.29) is 0 Å². The Balaban J connectivity index is 1.42. The van der Waals surface area contributed by atoms with E-state index in [4.69, 9.17) is 14.7 Å². The van der Waals surface area contributed by atoms with Crippen molar-refractivity contribution in [2.75, 3.05) is 42.6 Å². The molecule has 0 radical (unpaired) electrons. The van der Waals surface area contributed by atoms with Gasteiger partial charge in [-0.25, -0.2) is 19.7 Å². The van der Waals surface area contributed by atoms with Gasteiger partial charge in [0.2, 0.25) is 0 Å². The van der Waals surface area contributed by atoms with E-state index >= 15 is 0 Å². The molecule has 0 amide bonds. The van der Waals surface area contributed by atoms with E-state index in [1.165, 1.54) is 6.07 Å². The lowest BCUT2D eigenvalue weighted by Crippen LogP contribution is -2.47. The maximum atomic E-state index is 12.9. The van der Waals surface area contributed by atoms with E-state index in [0.717, 1.165) is 36.4 Å². The quantitative estimate of drug-likeness (QED) is 0.213. The smallest absolute Gasteiger partial charge is 0.417 e. The lowest BCUT2D eigenvalue weighted by Gasteiger charge is -2.36. The minimum absolute atomic E-state index is 0.370. The molecule has 0 saturated carbocycles. The number of carbonyl (C=O) groups excluding carboxylic acids is 1. The van der Waals surface area contributed by atoms with Gasteiger partial charge in [0.15, 0.2) is 5.82 Å². The van der Waals surface area contributed by atoms with Crippen molar-refractivity contribution in [3.63, 3.8) is 0 Å². The topological polar surface area (TPSA) is 71.5 Å². The fourth-order valence-electron chi connectivity index (χ4n) is 4.46. The van der Waals surface area contributed by atoms with Gasteiger partial charge in [-0.05, 0) is 36.8 Å². The van der Waals surface area contributed by atoms with Crippen LogP contribution < -0.4 is 9.80 Å². The van der Waals surface area contributed by atoms with Gasteiger partial charge in [0.1, 0.15) is 11.5 Å². The number of halogens is 3. The van der Waals surface area contributed by atoms with E-state index in [0.29, 0.717) is 61.0 Å². The Labute approximate surface area is 224 Å². The molecule has 1 aliphatic heterocycles. The Kier molecular flexibility index (Phi) is 7.63. The molecule has 4 aromatic rings. The zero-order chi connectivity index (χ0) is 27.4. The Morgan fingerprint density at radius 1 is 0.923 bits per heavy atom. The number of fused-ring (bicyclic) bond motifs is 1. The summed E-state index contributed by atoms with van der Waals surface area (Å²) in [6.07, 6.45) is -1.81. The summed E-state index contributed by atoms with van der Waals surface area (Å²) in [6, 6.07) is 17.4. The number of aromatic nitrogens is 3. The molecule has 7 nitrogen and oxygen atoms in total. The van der Waals surface area contributed by atoms with Crippen molar-refractivity contribution >= 4 is 28.6 Å². The summed E-state index contributed by atoms with van der Waals surface area (Å²) >= 11 is 0. The van der Waals surface area contributed by atoms with Crippen LogP contribution in [0.15, 0.2) is 66.9 Å². The van der Waals surface area contributed by atoms with Crippen LogP contribution in [0, 0.1) is 0 Å². The van der Waals surface area contributed by atoms with Crippen LogP contribution >= 0.6 is 0 Å². The van der Waals surface area contributed by atoms with Gasteiger partial charge in [-0.1, -0.05) is 43.7 Å². The third-order valence-corrected chi connectivity index (χ3v) is 6.64. The van der Waals surface area contributed by atoms with Gasteiger partial charge in [0.05, 0.1) is 28.8 Å². The lowest BCUT2D eigenvalue weighted by atomic mass is 10.1. The number of benzene rings is 2. The molecule has 0 bridgehead atoms. The number of pyridine rings is 1. The van der Waals surface area contributed by atoms with Crippen molar-refractivity contribution in [3.05, 3.63) is 78.0 Å². The lowest BCUT2D eigenvalue weighted by molar-refractivity contribution is -0.137. The molecule has 2 aromatic heterocycles. The summed E-state index contributed by atoms with van der Waals surface area (Å²) in [5.74, 6) is 0.797. The van der Waals surface area contributed by atoms with Crippen molar-refractivity contribution in [2.45, 2.75) is 25.9 Å². The maximum absolute atomic E-state index is 12.9. The van der Waals surface area contributed by atoms with Gasteiger partial charge in [0.25, 0.3) is 0 Å². The van der Waals surface area contributed by atoms with E-state index in [2.05, 4.69) is 9.88 Å². The van der Waals surface area contributed by atoms with Crippen LogP contribution in [0.1, 0.15) is 35.7 Å². The molecule has 39 heavy (non-hydrogen) atoms. The van der Waals surface area contributed by atoms with E-state index < -0.39 is 17.7 Å². The van der Waals surface area contributed by atoms with Crippen molar-refractivity contribution in [1.29, 1.82) is 0 Å². The number of unbranched alkanes of at least 4 members (excludes halogenated alkanes) is 1. The molecule has 0 spiro atoms. The number of piperazine rings is 1. The standard InChI is InChI=1S/C29H28F3N5O2/c1-2-3-17-39-28(38)21-9-11-23-24(18-21)35-27(26(34-23)20-7-5-4-6-8-20)37-15-13-36(14-16-37)25-12-10-22(19-33-25)29(30,31)32/h4-12,18-19H,2-3,13-17H2,1H3. The minimum Gasteiger partial charge on any atom is -0.462 e. The monoisotopic (exact) mass is 535 g/mol. The van der Waals surface area contributed by atoms with Crippen LogP contribution in [0.5, 0.6) is 0 Å². The first-order valence-corrected chi connectivity index (χ1v) is 12.9. The normalized spacial score (nSPS) is 14.1. The summed E-state index contributed by atoms with van der Waals surface area (Å²) in [5, 5.41) is 0. The molecule has 0 unspecified atom stereocenters. The molecule has 5 rings (SSSR count). The molecule has 10 heteroatoms. The zero-order valence-electron chi connectivity index (χ0n) is 21.5. The third kappa shape index (κ3) is 5.94. The predicted octanol–water partition coefficient (Wildman–Crippen LogP) is 5.99. The van der Waals surface area contributed by atoms with Crippen molar-refractivity contribution in [2.24, 2.45) is 0 Å². The molecular weight excluding hydrogens is 507 g/mol. The van der Waals surface area contributed by atoms with Crippen LogP contribution in [0.4, 0.5) is 24.8 Å². The highest BCUT2D eigenvalue weighted by Gasteiger charge is 2.31. The Bertz CT molecular complexity index is 1440. The van der Waals surface area contributed by atoms with Gasteiger partial charge in [-0.3, -0.25) is 0 Å². The number of hydrogen-bond donors (Lipinski definition) is 0. The first kappa shape index (κ1) is 26.4. The van der Waals surface area contributed by atoms with E-state index in [9.17, 15) is 18.0 Å². The fraction of sp³-hybridized carbons (Fsp3) is 0.310. The Hall–Kier alpha value is -4.21. The molecule has 202 valence electrons. The highest BCUT2D eigenvalue weighted by Crippen LogP contribution is 2.32. The number of alkyl halides is 3. The number of ether oxygens (including phenoxy) is 1. The van der Waals surface area contributed by atoms with Crippen molar-refractivity contribution in [1.82, 2.24) is 15.0 Å². The first-order valence-electron chi connectivity index (χ1n) is 12.9. The second-order valence-electron chi connectivity index (χ2n) is 9.33. The maximum Gasteiger partial charge on any atom is 0.417 e. The van der Waals surface area contributed by atoms with Gasteiger partial charge in [-0.15, -0.1) is 0 Å². The largest absolute Gasteiger partial charge is 0.462 e. The highest BCUT2D eigenvalue weighted by atomic mass is 19.4. The Morgan fingerprint density at radius 3 is 2.33 bits per heavy atom. The van der Waals surface area contributed by atoms with Crippen molar-refractivity contribution in [3.8, 4) is 11.3 Å². The summed E-state index contributed by atoms with van der Waals surface area (Å²) in [5.41, 5.74) is 2.54. The van der Waals surface area contributed by atoms with Gasteiger partial charge in [-0.2, -0.15) is 13.2 Å². The molecule has 1 saturated heterocycles. The summed E-state index contributed by atoms with van der Waals surface area (Å²) in [4.78, 5) is 30.5. The number of rotatable bonds is 7. The SMILES string of the molecule is CCCCOC(=O)c1ccc2nc(-c3ccccc3)c(N3CCN(c4ccc(C(F)(F)F)cn4)CC3)nc2c1. The summed E-state index contributed by atoms with van der Waals surface area (Å²) < 4.78 is 44.2. The number of esters is 1. The molecule has 2 aromatic carbocycles. The second kappa shape index (κ2) is 11.3. The van der Waals surface area contributed by atoms with Gasteiger partial charge < -0.3 is 14.5 Å². The van der Waals surface area contributed by atoms with Crippen LogP contribution in [-0.4, -0.2) is 53.7 Å². The Morgan fingerprint density at radius 2 is 1.67 bits per heavy atom. The third-order valence-electron chi connectivity index (χ3n) is 6.64. The first-order chi connectivity index (χ1) is 18.8. The van der Waals surface area contributed by atoms with Crippen molar-refractivity contribution < 1.29 is 22.7 Å². The number of carbonyl (C=O) groups is 1. The van der Waals surface area contributed by atoms with Crippen LogP contribution in [0.25, 0.3) is 22.3 Å². The predicted molar refractivity (Wildman–Crippen MR) is 144 cm³/mol. The fourth-order valence-corrected chi connectivity index (χ4v) is 4.46. The molecule has 0 N–H and O–H groups in total. The molecule has 0 atom stereocenters. The van der Waals surface area contributed by atoms with Crippen LogP contribution in [-0.2, 0) is 10.9 Å². The second-order valence-corrected chi connectivity index (χ2v) is 9.33. The molecule has 1 fully saturated rings. The molecular formula is C29H28F3N5O2. The van der Waals surface area contributed by atoms with Gasteiger partial charge >= 0.3 is 12.1 Å². The summed E-state index contributed by atoms with van der Waals surface area (Å²) in [7, 11) is 0. The average Bonchev–Trinajstić information content (AvgIpc) is 2.96. The van der Waals surface area contributed by atoms with Gasteiger partial charge in [0, 0.05) is 37.9 Å². The number of hydrogen-bond acceptors (Lipinski definition) is 7. The molecule has 0 aliphatic carbocycles. The number of anilines is 2. The average molecular weight is 536 g/mol. The van der Waals surface area contributed by atoms with E-state index in [1.54, 1.807) is 18.2 Å². The zero-order valence-corrected chi connectivity index (χ0v) is 21.5. The highest BCUT2D eigenvalue weighted by molar-refractivity contribution is 5.94. The van der Waals surface area contributed by atoms with Crippen LogP contribution in [0.2, 0.25) is 0 Å². The van der Waals surface area contributed by atoms with Crippen LogP contribution in [0.3, 0.4) is 0 Å². The number of nitrogens with zero attached hydrogens (tertiary/aromatic N) is 5. The van der Waals surface area contributed by atoms with E-state index in [1.807, 2.05) is 42.2 Å². The minimum atomic E-state index is -4.42. The molecule has 1 aliphatic rings. The molecule has 3 heterocycles. The summed E-state index contributed by atoms with van der Waals surface area (Å²) in [6.45, 7) is 4.65.